The van der Waals surface area contributed by atoms with Crippen molar-refractivity contribution in [3.8, 4) is 5.75 Å². The van der Waals surface area contributed by atoms with Gasteiger partial charge >= 0.3 is 0 Å². The summed E-state index contributed by atoms with van der Waals surface area (Å²) in [5, 5.41) is 3.26. The molecule has 0 spiro atoms. The third-order valence-electron chi connectivity index (χ3n) is 4.71. The lowest BCUT2D eigenvalue weighted by molar-refractivity contribution is 0.0993. The lowest BCUT2D eigenvalue weighted by atomic mass is 10.2. The number of carbonyl (C=O) groups excluding carboxylic acids is 1. The van der Waals surface area contributed by atoms with E-state index in [4.69, 9.17) is 4.74 Å². The number of aromatic nitrogens is 1. The molecule has 0 radical (unpaired) electrons. The van der Waals surface area contributed by atoms with Gasteiger partial charge in [0.05, 0.1) is 17.9 Å². The zero-order chi connectivity index (χ0) is 19.7. The number of hydrogen-bond donors (Lipinski definition) is 1. The molecule has 3 aromatic rings. The summed E-state index contributed by atoms with van der Waals surface area (Å²) < 4.78 is 19.5. The lowest BCUT2D eigenvalue weighted by Gasteiger charge is -2.26. The molecule has 2 aromatic carbocycles. The van der Waals surface area contributed by atoms with Crippen molar-refractivity contribution < 1.29 is 13.9 Å². The summed E-state index contributed by atoms with van der Waals surface area (Å²) in [7, 11) is 0. The van der Waals surface area contributed by atoms with E-state index < -0.39 is 6.17 Å². The summed E-state index contributed by atoms with van der Waals surface area (Å²) >= 11 is 0. The molecule has 0 saturated heterocycles. The van der Waals surface area contributed by atoms with E-state index in [-0.39, 0.29) is 11.7 Å². The Morgan fingerprint density at radius 2 is 1.96 bits per heavy atom. The smallest absolute Gasteiger partial charge is 0.262 e. The fourth-order valence-corrected chi connectivity index (χ4v) is 3.29. The van der Waals surface area contributed by atoms with Crippen LogP contribution in [0.25, 0.3) is 0 Å². The van der Waals surface area contributed by atoms with Crippen LogP contribution in [0.15, 0.2) is 60.8 Å². The Kier molecular flexibility index (Phi) is 4.69. The van der Waals surface area contributed by atoms with Crippen LogP contribution in [0.2, 0.25) is 0 Å². The minimum Gasteiger partial charge on any atom is -0.494 e. The van der Waals surface area contributed by atoms with Gasteiger partial charge in [0, 0.05) is 17.6 Å². The summed E-state index contributed by atoms with van der Waals surface area (Å²) in [6.07, 6.45) is 1.11. The molecule has 1 aromatic heterocycles. The number of halogens is 1. The molecular weight excluding hydrogens is 357 g/mol. The van der Waals surface area contributed by atoms with Gasteiger partial charge in [-0.25, -0.2) is 4.39 Å². The fraction of sp³-hybridized carbons (Fsp3) is 0.182. The molecular formula is C22H20FN3O2. The Labute approximate surface area is 162 Å². The van der Waals surface area contributed by atoms with Crippen LogP contribution >= 0.6 is 0 Å². The maximum absolute atomic E-state index is 14.0. The number of benzene rings is 2. The molecule has 6 heteroatoms. The number of rotatable bonds is 5. The highest BCUT2D eigenvalue weighted by atomic mass is 19.1. The van der Waals surface area contributed by atoms with Crippen LogP contribution in [0.3, 0.4) is 0 Å². The van der Waals surface area contributed by atoms with Crippen LogP contribution in [0.5, 0.6) is 5.75 Å². The first-order valence-corrected chi connectivity index (χ1v) is 9.12. The number of pyridine rings is 1. The van der Waals surface area contributed by atoms with Crippen molar-refractivity contribution >= 4 is 17.3 Å². The average molecular weight is 377 g/mol. The van der Waals surface area contributed by atoms with Gasteiger partial charge in [0.15, 0.2) is 6.17 Å². The maximum atomic E-state index is 14.0. The molecule has 1 atom stereocenters. The summed E-state index contributed by atoms with van der Waals surface area (Å²) in [5.74, 6) is 0.277. The van der Waals surface area contributed by atoms with Gasteiger partial charge in [-0.05, 0) is 67.9 Å². The number of fused-ring (bicyclic) bond motifs is 1. The monoisotopic (exact) mass is 377 g/mol. The summed E-state index contributed by atoms with van der Waals surface area (Å²) in [6.45, 7) is 4.20. The first-order valence-electron chi connectivity index (χ1n) is 9.12. The SMILES string of the molecule is CCOc1ccc(N2C(=O)c3cccnc3C2Nc2ccc(C)c(F)c2)cc1. The predicted octanol–water partition coefficient (Wildman–Crippen LogP) is 4.70. The number of carbonyl (C=O) groups is 1. The topological polar surface area (TPSA) is 54.5 Å². The number of nitrogens with one attached hydrogen (secondary N) is 1. The van der Waals surface area contributed by atoms with Gasteiger partial charge in [0.1, 0.15) is 11.6 Å². The highest BCUT2D eigenvalue weighted by Crippen LogP contribution is 2.37. The molecule has 142 valence electrons. The third kappa shape index (κ3) is 3.17. The zero-order valence-electron chi connectivity index (χ0n) is 15.6. The largest absolute Gasteiger partial charge is 0.494 e. The quantitative estimate of drug-likeness (QED) is 0.700. The number of nitrogens with zero attached hydrogens (tertiary/aromatic N) is 2. The first-order chi connectivity index (χ1) is 13.6. The molecule has 1 amide bonds. The van der Waals surface area contributed by atoms with E-state index >= 15 is 0 Å². The van der Waals surface area contributed by atoms with Crippen LogP contribution in [0.4, 0.5) is 15.8 Å². The van der Waals surface area contributed by atoms with E-state index in [0.717, 1.165) is 5.75 Å². The van der Waals surface area contributed by atoms with Crippen LogP contribution in [0.1, 0.15) is 34.7 Å². The minimum absolute atomic E-state index is 0.155. The molecule has 0 aliphatic carbocycles. The molecule has 0 bridgehead atoms. The molecule has 1 unspecified atom stereocenters. The molecule has 1 aliphatic rings. The predicted molar refractivity (Wildman–Crippen MR) is 106 cm³/mol. The molecule has 1 aliphatic heterocycles. The Bertz CT molecular complexity index is 1020. The van der Waals surface area contributed by atoms with Crippen molar-refractivity contribution in [2.45, 2.75) is 20.0 Å². The van der Waals surface area contributed by atoms with E-state index in [1.165, 1.54) is 6.07 Å². The second kappa shape index (κ2) is 7.31. The van der Waals surface area contributed by atoms with Crippen molar-refractivity contribution in [1.82, 2.24) is 4.98 Å². The van der Waals surface area contributed by atoms with E-state index in [9.17, 15) is 9.18 Å². The van der Waals surface area contributed by atoms with Gasteiger partial charge < -0.3 is 10.1 Å². The molecule has 2 heterocycles. The molecule has 4 rings (SSSR count). The standard InChI is InChI=1S/C22H20FN3O2/c1-3-28-17-10-8-16(9-11-17)26-21(20-18(22(26)27)5-4-12-24-20)25-15-7-6-14(2)19(23)13-15/h4-13,21,25H,3H2,1-2H3. The summed E-state index contributed by atoms with van der Waals surface area (Å²) in [4.78, 5) is 19.1. The third-order valence-corrected chi connectivity index (χ3v) is 4.71. The van der Waals surface area contributed by atoms with Gasteiger partial charge in [0.25, 0.3) is 5.91 Å². The maximum Gasteiger partial charge on any atom is 0.262 e. The van der Waals surface area contributed by atoms with E-state index in [1.54, 1.807) is 42.3 Å². The molecule has 28 heavy (non-hydrogen) atoms. The van der Waals surface area contributed by atoms with E-state index in [2.05, 4.69) is 10.3 Å². The van der Waals surface area contributed by atoms with Crippen molar-refractivity contribution in [3.05, 3.63) is 83.4 Å². The molecule has 5 nitrogen and oxygen atoms in total. The van der Waals surface area contributed by atoms with Gasteiger partial charge in [-0.2, -0.15) is 0 Å². The van der Waals surface area contributed by atoms with Crippen molar-refractivity contribution in [2.24, 2.45) is 0 Å². The Morgan fingerprint density at radius 3 is 2.68 bits per heavy atom. The average Bonchev–Trinajstić information content (AvgIpc) is 2.98. The van der Waals surface area contributed by atoms with Gasteiger partial charge in [-0.1, -0.05) is 6.07 Å². The highest BCUT2D eigenvalue weighted by molar-refractivity contribution is 6.11. The lowest BCUT2D eigenvalue weighted by Crippen LogP contribution is -2.32. The van der Waals surface area contributed by atoms with Crippen LogP contribution in [-0.4, -0.2) is 17.5 Å². The number of ether oxygens (including phenoxy) is 1. The van der Waals surface area contributed by atoms with Crippen molar-refractivity contribution in [3.63, 3.8) is 0 Å². The number of anilines is 2. The van der Waals surface area contributed by atoms with Gasteiger partial charge in [0.2, 0.25) is 0 Å². The van der Waals surface area contributed by atoms with E-state index in [0.29, 0.717) is 34.8 Å². The normalized spacial score (nSPS) is 15.5. The Morgan fingerprint density at radius 1 is 1.18 bits per heavy atom. The van der Waals surface area contributed by atoms with Crippen LogP contribution in [0, 0.1) is 12.7 Å². The number of aryl methyl sites for hydroxylation is 1. The van der Waals surface area contributed by atoms with E-state index in [1.807, 2.05) is 31.2 Å². The zero-order valence-corrected chi connectivity index (χ0v) is 15.6. The molecule has 0 fully saturated rings. The molecule has 0 saturated carbocycles. The summed E-state index contributed by atoms with van der Waals surface area (Å²) in [6, 6.07) is 15.7. The highest BCUT2D eigenvalue weighted by Gasteiger charge is 2.39. The first kappa shape index (κ1) is 18.0. The van der Waals surface area contributed by atoms with Crippen molar-refractivity contribution in [2.75, 3.05) is 16.8 Å². The van der Waals surface area contributed by atoms with Gasteiger partial charge in [-0.3, -0.25) is 14.7 Å². The second-order valence-corrected chi connectivity index (χ2v) is 6.55. The minimum atomic E-state index is -0.538. The van der Waals surface area contributed by atoms with Gasteiger partial charge in [-0.15, -0.1) is 0 Å². The Hall–Kier alpha value is -3.41. The van der Waals surface area contributed by atoms with Crippen LogP contribution < -0.4 is 15.0 Å². The molecule has 1 N–H and O–H groups in total. The Balaban J connectivity index is 1.72. The number of hydrogen-bond acceptors (Lipinski definition) is 4. The fourth-order valence-electron chi connectivity index (χ4n) is 3.29. The summed E-state index contributed by atoms with van der Waals surface area (Å²) in [5.41, 5.74) is 2.99. The second-order valence-electron chi connectivity index (χ2n) is 6.55. The number of amides is 1. The van der Waals surface area contributed by atoms with Crippen molar-refractivity contribution in [1.29, 1.82) is 0 Å². The van der Waals surface area contributed by atoms with Crippen LogP contribution in [-0.2, 0) is 0 Å².